The molecule has 0 aliphatic heterocycles. The molecule has 0 saturated heterocycles. The van der Waals surface area contributed by atoms with Crippen molar-refractivity contribution in [2.24, 2.45) is 5.92 Å². The largest absolute Gasteiger partial charge is 0.477 e. The fourth-order valence-electron chi connectivity index (χ4n) is 3.04. The number of H-pyrrole nitrogens is 1. The van der Waals surface area contributed by atoms with Crippen LogP contribution in [0.5, 0.6) is 0 Å². The number of aromatic carboxylic acids is 1. The first-order valence-electron chi connectivity index (χ1n) is 6.00. The van der Waals surface area contributed by atoms with Crippen LogP contribution in [-0.4, -0.2) is 31.6 Å². The molecule has 2 bridgehead atoms. The minimum absolute atomic E-state index is 0.145. The predicted octanol–water partition coefficient (Wildman–Crippen LogP) is 1.62. The number of hydrogen-bond acceptors (Lipinski definition) is 4. The number of hydrogen-bond donors (Lipinski definition) is 3. The second-order valence-corrected chi connectivity index (χ2v) is 5.36. The number of rotatable bonds is 3. The van der Waals surface area contributed by atoms with Crippen LogP contribution in [0.3, 0.4) is 0 Å². The Balaban J connectivity index is 1.76. The molecule has 3 aliphatic rings. The lowest BCUT2D eigenvalue weighted by Crippen LogP contribution is -2.63. The van der Waals surface area contributed by atoms with Crippen molar-refractivity contribution in [3.8, 4) is 0 Å². The molecule has 3 aliphatic carbocycles. The summed E-state index contributed by atoms with van der Waals surface area (Å²) in [5.41, 5.74) is 0.926. The van der Waals surface area contributed by atoms with Gasteiger partial charge in [-0.05, 0) is 31.2 Å². The maximum absolute atomic E-state index is 10.9. The molecule has 0 aromatic carbocycles. The molecule has 2 aromatic heterocycles. The number of carbonyl (C=O) groups is 1. The summed E-state index contributed by atoms with van der Waals surface area (Å²) in [5, 5.41) is 13.2. The van der Waals surface area contributed by atoms with Crippen LogP contribution in [0.25, 0.3) is 11.0 Å². The molecule has 3 N–H and O–H groups in total. The number of aromatic amines is 1. The van der Waals surface area contributed by atoms with Gasteiger partial charge in [0.1, 0.15) is 23.5 Å². The highest BCUT2D eigenvalue weighted by Gasteiger charge is 2.56. The average molecular weight is 244 g/mol. The Labute approximate surface area is 102 Å². The number of carboxylic acid groups (broad SMARTS) is 1. The Bertz CT molecular complexity index is 646. The van der Waals surface area contributed by atoms with Gasteiger partial charge >= 0.3 is 5.97 Å². The van der Waals surface area contributed by atoms with Gasteiger partial charge in [0.2, 0.25) is 0 Å². The highest BCUT2D eigenvalue weighted by atomic mass is 16.4. The monoisotopic (exact) mass is 244 g/mol. The van der Waals surface area contributed by atoms with Crippen molar-refractivity contribution in [1.82, 2.24) is 15.0 Å². The van der Waals surface area contributed by atoms with E-state index in [4.69, 9.17) is 5.11 Å². The third-order valence-corrected chi connectivity index (χ3v) is 4.08. The van der Waals surface area contributed by atoms with Gasteiger partial charge in [0, 0.05) is 5.54 Å². The summed E-state index contributed by atoms with van der Waals surface area (Å²) in [5.74, 6) is 0.641. The molecule has 5 rings (SSSR count). The van der Waals surface area contributed by atoms with E-state index in [0.29, 0.717) is 5.65 Å². The van der Waals surface area contributed by atoms with E-state index in [1.54, 1.807) is 6.07 Å². The first-order valence-corrected chi connectivity index (χ1v) is 6.00. The van der Waals surface area contributed by atoms with Crippen LogP contribution < -0.4 is 5.32 Å². The third kappa shape index (κ3) is 1.20. The highest BCUT2D eigenvalue weighted by molar-refractivity contribution is 5.96. The van der Waals surface area contributed by atoms with Crippen molar-refractivity contribution >= 4 is 22.8 Å². The number of carboxylic acids is 1. The summed E-state index contributed by atoms with van der Waals surface area (Å²) in [6, 6.07) is 1.59. The summed E-state index contributed by atoms with van der Waals surface area (Å²) in [7, 11) is 0. The van der Waals surface area contributed by atoms with Crippen molar-refractivity contribution in [2.75, 3.05) is 5.32 Å². The molecule has 3 saturated carbocycles. The molecule has 2 aromatic rings. The van der Waals surface area contributed by atoms with E-state index in [1.165, 1.54) is 25.6 Å². The van der Waals surface area contributed by atoms with Gasteiger partial charge < -0.3 is 15.4 Å². The smallest absolute Gasteiger partial charge is 0.352 e. The Hall–Kier alpha value is -2.11. The number of aromatic nitrogens is 3. The number of nitrogens with zero attached hydrogens (tertiary/aromatic N) is 2. The number of anilines is 1. The minimum Gasteiger partial charge on any atom is -0.477 e. The van der Waals surface area contributed by atoms with E-state index >= 15 is 0 Å². The Kier molecular flexibility index (Phi) is 1.65. The first kappa shape index (κ1) is 9.87. The van der Waals surface area contributed by atoms with Gasteiger partial charge in [-0.3, -0.25) is 0 Å². The normalized spacial score (nSPS) is 28.6. The summed E-state index contributed by atoms with van der Waals surface area (Å²) in [6.07, 6.45) is 5.07. The van der Waals surface area contributed by atoms with Crippen LogP contribution in [0.1, 0.15) is 29.8 Å². The van der Waals surface area contributed by atoms with Gasteiger partial charge in [-0.25, -0.2) is 14.8 Å². The molecule has 18 heavy (non-hydrogen) atoms. The molecule has 0 spiro atoms. The average Bonchev–Trinajstić information content (AvgIpc) is 2.65. The Morgan fingerprint density at radius 1 is 1.44 bits per heavy atom. The molecule has 6 nitrogen and oxygen atoms in total. The molecule has 6 heteroatoms. The number of nitrogens with one attached hydrogen (secondary N) is 2. The van der Waals surface area contributed by atoms with E-state index in [9.17, 15) is 4.79 Å². The summed E-state index contributed by atoms with van der Waals surface area (Å²) < 4.78 is 0. The van der Waals surface area contributed by atoms with E-state index in [1.807, 2.05) is 0 Å². The molecule has 3 fully saturated rings. The maximum atomic E-state index is 10.9. The van der Waals surface area contributed by atoms with Gasteiger partial charge in [-0.15, -0.1) is 0 Å². The Morgan fingerprint density at radius 3 is 2.83 bits per heavy atom. The first-order chi connectivity index (χ1) is 8.65. The van der Waals surface area contributed by atoms with Gasteiger partial charge in [0.05, 0.1) is 5.39 Å². The zero-order valence-electron chi connectivity index (χ0n) is 9.60. The zero-order chi connectivity index (χ0) is 12.3. The van der Waals surface area contributed by atoms with Crippen molar-refractivity contribution in [1.29, 1.82) is 0 Å². The van der Waals surface area contributed by atoms with E-state index < -0.39 is 5.97 Å². The van der Waals surface area contributed by atoms with Crippen LogP contribution in [0.2, 0.25) is 0 Å². The molecule has 0 radical (unpaired) electrons. The Morgan fingerprint density at radius 2 is 2.22 bits per heavy atom. The molecule has 0 unspecified atom stereocenters. The summed E-state index contributed by atoms with van der Waals surface area (Å²) >= 11 is 0. The SMILES string of the molecule is O=C(O)c1cc2c(NC34CC(C3)C4)ncnc2[nH]1. The highest BCUT2D eigenvalue weighted by Crippen LogP contribution is 2.58. The standard InChI is InChI=1S/C12H12N4O2/c17-11(18)8-1-7-9(15-8)13-5-14-10(7)16-12-2-6(3-12)4-12/h1,5-6H,2-4H2,(H,17,18)(H2,13,14,15,16). The lowest BCUT2D eigenvalue weighted by atomic mass is 9.50. The summed E-state index contributed by atoms with van der Waals surface area (Å²) in [6.45, 7) is 0. The van der Waals surface area contributed by atoms with Crippen molar-refractivity contribution in [3.05, 3.63) is 18.1 Å². The zero-order valence-corrected chi connectivity index (χ0v) is 9.60. The van der Waals surface area contributed by atoms with Gasteiger partial charge in [-0.1, -0.05) is 0 Å². The van der Waals surface area contributed by atoms with E-state index in [0.717, 1.165) is 17.1 Å². The quantitative estimate of drug-likeness (QED) is 0.763. The van der Waals surface area contributed by atoms with E-state index in [2.05, 4.69) is 20.3 Å². The fraction of sp³-hybridized carbons (Fsp3) is 0.417. The molecule has 0 amide bonds. The lowest BCUT2D eigenvalue weighted by Gasteiger charge is -2.62. The van der Waals surface area contributed by atoms with E-state index in [-0.39, 0.29) is 11.2 Å². The molecular weight excluding hydrogens is 232 g/mol. The van der Waals surface area contributed by atoms with Gasteiger partial charge in [0.25, 0.3) is 0 Å². The second kappa shape index (κ2) is 3.01. The summed E-state index contributed by atoms with van der Waals surface area (Å²) in [4.78, 5) is 22.0. The molecular formula is C12H12N4O2. The van der Waals surface area contributed by atoms with Gasteiger partial charge in [0.15, 0.2) is 0 Å². The lowest BCUT2D eigenvalue weighted by molar-refractivity contribution is 0.00193. The van der Waals surface area contributed by atoms with Gasteiger partial charge in [-0.2, -0.15) is 0 Å². The van der Waals surface area contributed by atoms with Crippen molar-refractivity contribution in [2.45, 2.75) is 24.8 Å². The van der Waals surface area contributed by atoms with Crippen molar-refractivity contribution < 1.29 is 9.90 Å². The molecule has 0 atom stereocenters. The topological polar surface area (TPSA) is 90.9 Å². The van der Waals surface area contributed by atoms with Crippen LogP contribution in [0.4, 0.5) is 5.82 Å². The second-order valence-electron chi connectivity index (χ2n) is 5.36. The van der Waals surface area contributed by atoms with Crippen LogP contribution in [0, 0.1) is 5.92 Å². The van der Waals surface area contributed by atoms with Crippen LogP contribution in [-0.2, 0) is 0 Å². The maximum Gasteiger partial charge on any atom is 0.352 e. The fourth-order valence-corrected chi connectivity index (χ4v) is 3.04. The van der Waals surface area contributed by atoms with Crippen LogP contribution >= 0.6 is 0 Å². The molecule has 2 heterocycles. The number of fused-ring (bicyclic) bond motifs is 1. The third-order valence-electron chi connectivity index (χ3n) is 4.08. The minimum atomic E-state index is -0.982. The predicted molar refractivity (Wildman–Crippen MR) is 64.5 cm³/mol. The van der Waals surface area contributed by atoms with Crippen LogP contribution in [0.15, 0.2) is 12.4 Å². The van der Waals surface area contributed by atoms with Crippen molar-refractivity contribution in [3.63, 3.8) is 0 Å². The molecule has 92 valence electrons.